The van der Waals surface area contributed by atoms with Crippen LogP contribution in [0.4, 0.5) is 0 Å². The first kappa shape index (κ1) is 21.7. The summed E-state index contributed by atoms with van der Waals surface area (Å²) in [5.41, 5.74) is 3.14. The minimum atomic E-state index is -0.00607. The maximum absolute atomic E-state index is 13.7. The van der Waals surface area contributed by atoms with Crippen molar-refractivity contribution >= 4 is 39.2 Å². The van der Waals surface area contributed by atoms with Gasteiger partial charge in [-0.25, -0.2) is 4.98 Å². The molecule has 5 nitrogen and oxygen atoms in total. The highest BCUT2D eigenvalue weighted by Gasteiger charge is 2.23. The SMILES string of the molecule is Cc1ccc(-n2c(SCC(=O)NC3CCCCC3)nc3sc4c(c3c2=O)CCCC4)cc1. The third kappa shape index (κ3) is 4.37. The van der Waals surface area contributed by atoms with Crippen molar-refractivity contribution in [1.29, 1.82) is 0 Å². The minimum Gasteiger partial charge on any atom is -0.353 e. The zero-order valence-corrected chi connectivity index (χ0v) is 20.1. The Balaban J connectivity index is 1.50. The fourth-order valence-electron chi connectivity index (χ4n) is 4.85. The van der Waals surface area contributed by atoms with Gasteiger partial charge < -0.3 is 5.32 Å². The molecule has 2 aromatic heterocycles. The molecule has 1 aromatic carbocycles. The predicted octanol–water partition coefficient (Wildman–Crippen LogP) is 5.18. The molecule has 1 fully saturated rings. The Morgan fingerprint density at radius 1 is 1.12 bits per heavy atom. The van der Waals surface area contributed by atoms with Crippen molar-refractivity contribution in [3.05, 3.63) is 50.6 Å². The Morgan fingerprint density at radius 3 is 2.66 bits per heavy atom. The molecule has 7 heteroatoms. The van der Waals surface area contributed by atoms with Crippen molar-refractivity contribution in [2.24, 2.45) is 0 Å². The Morgan fingerprint density at radius 2 is 1.88 bits per heavy atom. The molecular weight excluding hydrogens is 438 g/mol. The third-order valence-corrected chi connectivity index (χ3v) is 8.68. The van der Waals surface area contributed by atoms with Gasteiger partial charge in [-0.15, -0.1) is 11.3 Å². The van der Waals surface area contributed by atoms with Gasteiger partial charge in [0.15, 0.2) is 5.16 Å². The monoisotopic (exact) mass is 467 g/mol. The second-order valence-corrected chi connectivity index (χ2v) is 11.0. The number of carbonyl (C=O) groups is 1. The van der Waals surface area contributed by atoms with Crippen LogP contribution in [0.5, 0.6) is 0 Å². The molecule has 1 amide bonds. The van der Waals surface area contributed by atoms with Crippen LogP contribution in [0.15, 0.2) is 34.2 Å². The molecule has 0 unspecified atom stereocenters. The van der Waals surface area contributed by atoms with E-state index in [9.17, 15) is 9.59 Å². The van der Waals surface area contributed by atoms with Gasteiger partial charge in [0.1, 0.15) is 4.83 Å². The van der Waals surface area contributed by atoms with Gasteiger partial charge in [-0.2, -0.15) is 0 Å². The van der Waals surface area contributed by atoms with Crippen LogP contribution in [-0.4, -0.2) is 27.3 Å². The molecule has 2 aliphatic rings. The van der Waals surface area contributed by atoms with E-state index in [-0.39, 0.29) is 23.3 Å². The summed E-state index contributed by atoms with van der Waals surface area (Å²) in [4.78, 5) is 33.4. The van der Waals surface area contributed by atoms with Gasteiger partial charge in [-0.05, 0) is 63.1 Å². The second kappa shape index (κ2) is 9.40. The number of nitrogens with zero attached hydrogens (tertiary/aromatic N) is 2. The number of hydrogen-bond acceptors (Lipinski definition) is 5. The van der Waals surface area contributed by atoms with Gasteiger partial charge >= 0.3 is 0 Å². The fourth-order valence-corrected chi connectivity index (χ4v) is 6.98. The van der Waals surface area contributed by atoms with Gasteiger partial charge in [0.25, 0.3) is 5.56 Å². The molecule has 0 aliphatic heterocycles. The van der Waals surface area contributed by atoms with Crippen LogP contribution in [-0.2, 0) is 17.6 Å². The van der Waals surface area contributed by atoms with Crippen LogP contribution < -0.4 is 10.9 Å². The second-order valence-electron chi connectivity index (χ2n) is 8.95. The lowest BCUT2D eigenvalue weighted by molar-refractivity contribution is -0.119. The van der Waals surface area contributed by atoms with Crippen LogP contribution in [0.1, 0.15) is 60.9 Å². The number of carbonyl (C=O) groups excluding carboxylic acids is 1. The van der Waals surface area contributed by atoms with Crippen molar-refractivity contribution in [3.63, 3.8) is 0 Å². The normalized spacial score (nSPS) is 16.8. The maximum Gasteiger partial charge on any atom is 0.267 e. The highest BCUT2D eigenvalue weighted by molar-refractivity contribution is 7.99. The first-order valence-corrected chi connectivity index (χ1v) is 13.5. The van der Waals surface area contributed by atoms with E-state index >= 15 is 0 Å². The average Bonchev–Trinajstić information content (AvgIpc) is 3.18. The van der Waals surface area contributed by atoms with E-state index in [1.165, 1.54) is 47.9 Å². The molecule has 0 spiro atoms. The van der Waals surface area contributed by atoms with Crippen molar-refractivity contribution in [2.45, 2.75) is 75.9 Å². The van der Waals surface area contributed by atoms with Crippen LogP contribution >= 0.6 is 23.1 Å². The maximum atomic E-state index is 13.7. The van der Waals surface area contributed by atoms with E-state index in [0.717, 1.165) is 53.6 Å². The lowest BCUT2D eigenvalue weighted by Crippen LogP contribution is -2.37. The summed E-state index contributed by atoms with van der Waals surface area (Å²) in [6, 6.07) is 8.25. The summed E-state index contributed by atoms with van der Waals surface area (Å²) < 4.78 is 1.71. The standard InChI is InChI=1S/C25H29N3O2S2/c1-16-11-13-18(14-12-16)28-24(30)22-19-9-5-6-10-20(19)32-23(22)27-25(28)31-15-21(29)26-17-7-3-2-4-8-17/h11-14,17H,2-10,15H2,1H3,(H,26,29). The number of thiophene rings is 1. The van der Waals surface area contributed by atoms with E-state index < -0.39 is 0 Å². The van der Waals surface area contributed by atoms with E-state index in [0.29, 0.717) is 5.16 Å². The molecule has 5 rings (SSSR count). The van der Waals surface area contributed by atoms with Crippen molar-refractivity contribution in [1.82, 2.24) is 14.9 Å². The molecule has 2 aliphatic carbocycles. The Bertz CT molecular complexity index is 1190. The summed E-state index contributed by atoms with van der Waals surface area (Å²) in [7, 11) is 0. The Labute approximate surface area is 196 Å². The largest absolute Gasteiger partial charge is 0.353 e. The van der Waals surface area contributed by atoms with Crippen molar-refractivity contribution in [2.75, 3.05) is 5.75 Å². The number of thioether (sulfide) groups is 1. The zero-order chi connectivity index (χ0) is 22.1. The number of aromatic nitrogens is 2. The third-order valence-electron chi connectivity index (χ3n) is 6.55. The minimum absolute atomic E-state index is 0.00607. The number of amides is 1. The van der Waals surface area contributed by atoms with E-state index in [1.807, 2.05) is 31.2 Å². The first-order valence-electron chi connectivity index (χ1n) is 11.7. The molecule has 0 radical (unpaired) electrons. The van der Waals surface area contributed by atoms with Crippen LogP contribution in [0.2, 0.25) is 0 Å². The summed E-state index contributed by atoms with van der Waals surface area (Å²) in [6.07, 6.45) is 10.1. The van der Waals surface area contributed by atoms with Crippen LogP contribution in [0, 0.1) is 6.92 Å². The summed E-state index contributed by atoms with van der Waals surface area (Å²) >= 11 is 3.02. The lowest BCUT2D eigenvalue weighted by Gasteiger charge is -2.22. The molecule has 168 valence electrons. The summed E-state index contributed by atoms with van der Waals surface area (Å²) in [6.45, 7) is 2.04. The zero-order valence-electron chi connectivity index (χ0n) is 18.5. The quantitative estimate of drug-likeness (QED) is 0.415. The molecule has 32 heavy (non-hydrogen) atoms. The van der Waals surface area contributed by atoms with Gasteiger partial charge in [0.2, 0.25) is 5.91 Å². The molecular formula is C25H29N3O2S2. The number of rotatable bonds is 5. The van der Waals surface area contributed by atoms with Crippen LogP contribution in [0.3, 0.4) is 0 Å². The number of aryl methyl sites for hydroxylation is 3. The van der Waals surface area contributed by atoms with E-state index in [2.05, 4.69) is 5.32 Å². The lowest BCUT2D eigenvalue weighted by atomic mass is 9.95. The highest BCUT2D eigenvalue weighted by Crippen LogP contribution is 2.35. The smallest absolute Gasteiger partial charge is 0.267 e. The molecule has 3 aromatic rings. The summed E-state index contributed by atoms with van der Waals surface area (Å²) in [5.74, 6) is 0.294. The molecule has 2 heterocycles. The molecule has 0 saturated heterocycles. The first-order chi connectivity index (χ1) is 15.6. The predicted molar refractivity (Wildman–Crippen MR) is 132 cm³/mol. The van der Waals surface area contributed by atoms with Gasteiger partial charge in [0, 0.05) is 10.9 Å². The van der Waals surface area contributed by atoms with E-state index in [1.54, 1.807) is 15.9 Å². The van der Waals surface area contributed by atoms with E-state index in [4.69, 9.17) is 4.98 Å². The molecule has 0 bridgehead atoms. The van der Waals surface area contributed by atoms with Gasteiger partial charge in [-0.1, -0.05) is 48.7 Å². The number of benzene rings is 1. The van der Waals surface area contributed by atoms with Crippen molar-refractivity contribution < 1.29 is 4.79 Å². The van der Waals surface area contributed by atoms with Crippen LogP contribution in [0.25, 0.3) is 15.9 Å². The molecule has 1 N–H and O–H groups in total. The van der Waals surface area contributed by atoms with Gasteiger partial charge in [-0.3, -0.25) is 14.2 Å². The fraction of sp³-hybridized carbons (Fsp3) is 0.480. The number of nitrogens with one attached hydrogen (secondary N) is 1. The van der Waals surface area contributed by atoms with Crippen molar-refractivity contribution in [3.8, 4) is 5.69 Å². The number of fused-ring (bicyclic) bond motifs is 3. The summed E-state index contributed by atoms with van der Waals surface area (Å²) in [5, 5.41) is 4.55. The number of hydrogen-bond donors (Lipinski definition) is 1. The van der Waals surface area contributed by atoms with Gasteiger partial charge in [0.05, 0.1) is 16.8 Å². The Hall–Kier alpha value is -2.12. The average molecular weight is 468 g/mol. The topological polar surface area (TPSA) is 64.0 Å². The Kier molecular flexibility index (Phi) is 6.37. The molecule has 0 atom stereocenters. The highest BCUT2D eigenvalue weighted by atomic mass is 32.2. The molecule has 1 saturated carbocycles.